The maximum atomic E-state index is 8.64. The summed E-state index contributed by atoms with van der Waals surface area (Å²) >= 11 is 0. The van der Waals surface area contributed by atoms with Crippen molar-refractivity contribution in [3.63, 3.8) is 0 Å². The van der Waals surface area contributed by atoms with Gasteiger partial charge in [-0.1, -0.05) is 19.8 Å². The van der Waals surface area contributed by atoms with Crippen LogP contribution in [-0.2, 0) is 0 Å². The van der Waals surface area contributed by atoms with Crippen molar-refractivity contribution in [1.29, 1.82) is 0 Å². The second-order valence-corrected chi connectivity index (χ2v) is 2.68. The summed E-state index contributed by atoms with van der Waals surface area (Å²) in [6, 6.07) is 0. The molecule has 0 bridgehead atoms. The standard InChI is InChI=1S/C6H16BNO2/c1-6(7(9)10)4-2-3-5-8/h6,9-10H,2-5,8H2,1H3/t6-/m0/s1. The molecule has 0 saturated heterocycles. The van der Waals surface area contributed by atoms with E-state index in [2.05, 4.69) is 0 Å². The summed E-state index contributed by atoms with van der Waals surface area (Å²) in [7, 11) is -1.17. The van der Waals surface area contributed by atoms with Gasteiger partial charge in [0.2, 0.25) is 0 Å². The normalized spacial score (nSPS) is 13.2. The molecular weight excluding hydrogens is 129 g/mol. The molecule has 0 aromatic rings. The van der Waals surface area contributed by atoms with E-state index in [1.165, 1.54) is 0 Å². The second kappa shape index (κ2) is 5.71. The SMILES string of the molecule is C[C@@H](CCCCN)B(O)O. The maximum Gasteiger partial charge on any atom is 0.454 e. The van der Waals surface area contributed by atoms with Crippen LogP contribution in [0.25, 0.3) is 0 Å². The quantitative estimate of drug-likeness (QED) is 0.376. The van der Waals surface area contributed by atoms with E-state index in [1.807, 2.05) is 6.92 Å². The summed E-state index contributed by atoms with van der Waals surface area (Å²) in [5, 5.41) is 17.3. The Bertz CT molecular complexity index is 80.1. The van der Waals surface area contributed by atoms with Gasteiger partial charge in [0.15, 0.2) is 0 Å². The molecule has 0 rings (SSSR count). The molecule has 60 valence electrons. The summed E-state index contributed by atoms with van der Waals surface area (Å²) < 4.78 is 0. The van der Waals surface area contributed by atoms with Crippen LogP contribution >= 0.6 is 0 Å². The van der Waals surface area contributed by atoms with Crippen LogP contribution in [0.4, 0.5) is 0 Å². The molecular formula is C6H16BNO2. The first kappa shape index (κ1) is 9.94. The first-order chi connectivity index (χ1) is 4.68. The first-order valence-corrected chi connectivity index (χ1v) is 3.74. The Balaban J connectivity index is 3.13. The topological polar surface area (TPSA) is 66.5 Å². The predicted molar refractivity (Wildman–Crippen MR) is 42.5 cm³/mol. The number of hydrogen-bond acceptors (Lipinski definition) is 3. The molecule has 10 heavy (non-hydrogen) atoms. The maximum absolute atomic E-state index is 8.64. The molecule has 0 radical (unpaired) electrons. The minimum absolute atomic E-state index is 0.0217. The van der Waals surface area contributed by atoms with Gasteiger partial charge < -0.3 is 15.8 Å². The highest BCUT2D eigenvalue weighted by Crippen LogP contribution is 2.13. The van der Waals surface area contributed by atoms with E-state index in [-0.39, 0.29) is 5.82 Å². The number of nitrogens with two attached hydrogens (primary N) is 1. The van der Waals surface area contributed by atoms with Gasteiger partial charge in [0, 0.05) is 0 Å². The monoisotopic (exact) mass is 145 g/mol. The zero-order valence-corrected chi connectivity index (χ0v) is 6.45. The molecule has 0 spiro atoms. The minimum atomic E-state index is -1.17. The number of unbranched alkanes of at least 4 members (excludes halogenated alkanes) is 1. The fourth-order valence-corrected chi connectivity index (χ4v) is 0.760. The number of rotatable bonds is 5. The molecule has 0 aliphatic rings. The second-order valence-electron chi connectivity index (χ2n) is 2.68. The van der Waals surface area contributed by atoms with Gasteiger partial charge >= 0.3 is 7.12 Å². The lowest BCUT2D eigenvalue weighted by atomic mass is 9.71. The molecule has 0 aromatic carbocycles. The van der Waals surface area contributed by atoms with Gasteiger partial charge in [-0.3, -0.25) is 0 Å². The van der Waals surface area contributed by atoms with E-state index >= 15 is 0 Å². The van der Waals surface area contributed by atoms with Gasteiger partial charge in [0.1, 0.15) is 0 Å². The first-order valence-electron chi connectivity index (χ1n) is 3.74. The van der Waals surface area contributed by atoms with Gasteiger partial charge in [-0.15, -0.1) is 0 Å². The lowest BCUT2D eigenvalue weighted by Crippen LogP contribution is -2.17. The Kier molecular flexibility index (Phi) is 5.68. The summed E-state index contributed by atoms with van der Waals surface area (Å²) in [6.07, 6.45) is 2.79. The van der Waals surface area contributed by atoms with Crippen molar-refractivity contribution in [2.75, 3.05) is 6.54 Å². The Morgan fingerprint density at radius 2 is 2.00 bits per heavy atom. The van der Waals surface area contributed by atoms with Gasteiger partial charge in [-0.2, -0.15) is 0 Å². The largest absolute Gasteiger partial charge is 0.454 e. The van der Waals surface area contributed by atoms with Crippen molar-refractivity contribution in [3.8, 4) is 0 Å². The molecule has 0 amide bonds. The van der Waals surface area contributed by atoms with E-state index in [1.54, 1.807) is 0 Å². The summed E-state index contributed by atoms with van der Waals surface area (Å²) in [5.41, 5.74) is 5.27. The van der Waals surface area contributed by atoms with Crippen LogP contribution in [0, 0.1) is 0 Å². The summed E-state index contributed by atoms with van der Waals surface area (Å²) in [5.74, 6) is -0.0217. The highest BCUT2D eigenvalue weighted by atomic mass is 16.4. The summed E-state index contributed by atoms with van der Waals surface area (Å²) in [6.45, 7) is 2.51. The molecule has 0 aromatic heterocycles. The van der Waals surface area contributed by atoms with Crippen molar-refractivity contribution in [3.05, 3.63) is 0 Å². The van der Waals surface area contributed by atoms with Gasteiger partial charge in [0.05, 0.1) is 0 Å². The molecule has 0 fully saturated rings. The van der Waals surface area contributed by atoms with E-state index in [0.717, 1.165) is 19.3 Å². The smallest absolute Gasteiger partial charge is 0.427 e. The molecule has 0 aliphatic carbocycles. The van der Waals surface area contributed by atoms with E-state index < -0.39 is 7.12 Å². The Hall–Kier alpha value is -0.0551. The number of hydrogen-bond donors (Lipinski definition) is 3. The third-order valence-corrected chi connectivity index (χ3v) is 1.62. The summed E-state index contributed by atoms with van der Waals surface area (Å²) in [4.78, 5) is 0. The fraction of sp³-hybridized carbons (Fsp3) is 1.00. The lowest BCUT2D eigenvalue weighted by molar-refractivity contribution is 0.381. The predicted octanol–water partition coefficient (Wildman–Crippen LogP) is -0.0217. The lowest BCUT2D eigenvalue weighted by Gasteiger charge is -2.07. The van der Waals surface area contributed by atoms with Crippen LogP contribution in [0.2, 0.25) is 5.82 Å². The van der Waals surface area contributed by atoms with Crippen LogP contribution in [0.15, 0.2) is 0 Å². The molecule has 1 atom stereocenters. The molecule has 4 N–H and O–H groups in total. The van der Waals surface area contributed by atoms with Crippen molar-refractivity contribution in [1.82, 2.24) is 0 Å². The molecule has 0 aliphatic heterocycles. The van der Waals surface area contributed by atoms with Gasteiger partial charge in [0.25, 0.3) is 0 Å². The minimum Gasteiger partial charge on any atom is -0.427 e. The molecule has 3 nitrogen and oxygen atoms in total. The average molecular weight is 145 g/mol. The Morgan fingerprint density at radius 1 is 1.40 bits per heavy atom. The third kappa shape index (κ3) is 4.79. The van der Waals surface area contributed by atoms with E-state index in [9.17, 15) is 0 Å². The third-order valence-electron chi connectivity index (χ3n) is 1.62. The molecule has 0 unspecified atom stereocenters. The van der Waals surface area contributed by atoms with Crippen molar-refractivity contribution >= 4 is 7.12 Å². The van der Waals surface area contributed by atoms with Gasteiger partial charge in [-0.05, 0) is 18.8 Å². The van der Waals surface area contributed by atoms with Crippen LogP contribution < -0.4 is 5.73 Å². The van der Waals surface area contributed by atoms with Gasteiger partial charge in [-0.25, -0.2) is 0 Å². The van der Waals surface area contributed by atoms with Crippen LogP contribution in [-0.4, -0.2) is 23.7 Å². The van der Waals surface area contributed by atoms with E-state index in [0.29, 0.717) is 6.54 Å². The zero-order chi connectivity index (χ0) is 7.98. The van der Waals surface area contributed by atoms with Crippen molar-refractivity contribution in [2.24, 2.45) is 5.73 Å². The van der Waals surface area contributed by atoms with Crippen molar-refractivity contribution in [2.45, 2.75) is 32.0 Å². The van der Waals surface area contributed by atoms with E-state index in [4.69, 9.17) is 15.8 Å². The van der Waals surface area contributed by atoms with Crippen LogP contribution in [0.1, 0.15) is 26.2 Å². The average Bonchev–Trinajstić information content (AvgIpc) is 1.88. The molecule has 0 saturated carbocycles. The highest BCUT2D eigenvalue weighted by Gasteiger charge is 2.16. The fourth-order valence-electron chi connectivity index (χ4n) is 0.760. The Labute approximate surface area is 62.4 Å². The van der Waals surface area contributed by atoms with Crippen LogP contribution in [0.3, 0.4) is 0 Å². The Morgan fingerprint density at radius 3 is 2.40 bits per heavy atom. The van der Waals surface area contributed by atoms with Crippen LogP contribution in [0.5, 0.6) is 0 Å². The van der Waals surface area contributed by atoms with Crippen molar-refractivity contribution < 1.29 is 10.0 Å². The molecule has 4 heteroatoms. The highest BCUT2D eigenvalue weighted by molar-refractivity contribution is 6.42. The zero-order valence-electron chi connectivity index (χ0n) is 6.45. The molecule has 0 heterocycles.